The Balaban J connectivity index is 1.56. The van der Waals surface area contributed by atoms with Crippen LogP contribution in [0.2, 0.25) is 0 Å². The van der Waals surface area contributed by atoms with Crippen LogP contribution in [0.4, 0.5) is 0 Å². The molecule has 0 radical (unpaired) electrons. The summed E-state index contributed by atoms with van der Waals surface area (Å²) in [7, 11) is 0. The summed E-state index contributed by atoms with van der Waals surface area (Å²) < 4.78 is 0. The first-order chi connectivity index (χ1) is 29.3. The number of rotatable bonds is 4. The van der Waals surface area contributed by atoms with Crippen LogP contribution in [-0.2, 0) is 21.7 Å². The summed E-state index contributed by atoms with van der Waals surface area (Å²) >= 11 is 0. The van der Waals surface area contributed by atoms with Crippen molar-refractivity contribution in [2.24, 2.45) is 0 Å². The van der Waals surface area contributed by atoms with E-state index in [0.29, 0.717) is 0 Å². The molecule has 0 spiro atoms. The number of nitrogens with zero attached hydrogens (tertiary/aromatic N) is 4. The first-order valence-electron chi connectivity index (χ1n) is 22.0. The van der Waals surface area contributed by atoms with E-state index in [1.165, 1.54) is 22.3 Å². The average Bonchev–Trinajstić information content (AvgIpc) is 3.23. The van der Waals surface area contributed by atoms with Crippen molar-refractivity contribution < 1.29 is 0 Å². The summed E-state index contributed by atoms with van der Waals surface area (Å²) in [5.74, 6) is 0. The molecule has 0 bridgehead atoms. The summed E-state index contributed by atoms with van der Waals surface area (Å²) in [6.45, 7) is 27.5. The van der Waals surface area contributed by atoms with Crippen LogP contribution in [-0.4, -0.2) is 19.9 Å². The summed E-state index contributed by atoms with van der Waals surface area (Å²) in [5.41, 5.74) is 17.3. The predicted octanol–water partition coefficient (Wildman–Crippen LogP) is 15.7. The predicted molar refractivity (Wildman–Crippen MR) is 264 cm³/mol. The maximum atomic E-state index is 5.16. The number of aromatic nitrogens is 4. The molecule has 9 rings (SSSR count). The van der Waals surface area contributed by atoms with Crippen LogP contribution < -0.4 is 0 Å². The summed E-state index contributed by atoms with van der Waals surface area (Å²) in [6.07, 6.45) is 7.70. The van der Waals surface area contributed by atoms with Crippen LogP contribution in [0.15, 0.2) is 134 Å². The molecule has 0 saturated heterocycles. The molecule has 0 aliphatic rings. The summed E-state index contributed by atoms with van der Waals surface area (Å²) in [5, 5.41) is 4.47. The van der Waals surface area contributed by atoms with Gasteiger partial charge < -0.3 is 0 Å². The van der Waals surface area contributed by atoms with E-state index in [2.05, 4.69) is 168 Å². The van der Waals surface area contributed by atoms with Crippen LogP contribution in [0.3, 0.4) is 0 Å². The third-order valence-corrected chi connectivity index (χ3v) is 12.6. The number of hydrogen-bond donors (Lipinski definition) is 0. The normalized spacial score (nSPS) is 12.8. The molecule has 0 atom stereocenters. The smallest absolute Gasteiger partial charge is 0.0780 e. The van der Waals surface area contributed by atoms with E-state index >= 15 is 0 Å². The van der Waals surface area contributed by atoms with Crippen LogP contribution >= 0.6 is 0 Å². The molecule has 5 aromatic carbocycles. The van der Waals surface area contributed by atoms with Crippen molar-refractivity contribution in [3.05, 3.63) is 156 Å². The van der Waals surface area contributed by atoms with Gasteiger partial charge in [-0.25, -0.2) is 0 Å². The molecule has 4 aromatic heterocycles. The molecule has 4 nitrogen and oxygen atoms in total. The topological polar surface area (TPSA) is 51.6 Å². The molecule has 0 N–H and O–H groups in total. The fourth-order valence-corrected chi connectivity index (χ4v) is 8.81. The van der Waals surface area contributed by atoms with Gasteiger partial charge in [0.2, 0.25) is 0 Å². The third-order valence-electron chi connectivity index (χ3n) is 12.6. The van der Waals surface area contributed by atoms with E-state index in [4.69, 9.17) is 19.9 Å². The molecule has 310 valence electrons. The first kappa shape index (κ1) is 41.1. The fraction of sp³-hybridized carbons (Fsp3) is 0.276. The summed E-state index contributed by atoms with van der Waals surface area (Å²) in [4.78, 5) is 20.6. The Hall–Kier alpha value is -6.26. The zero-order valence-electron chi connectivity index (χ0n) is 38.5. The van der Waals surface area contributed by atoms with Gasteiger partial charge in [-0.15, -0.1) is 0 Å². The van der Waals surface area contributed by atoms with Crippen LogP contribution in [0.1, 0.15) is 105 Å². The van der Waals surface area contributed by atoms with Gasteiger partial charge in [-0.2, -0.15) is 0 Å². The highest BCUT2D eigenvalue weighted by atomic mass is 14.7. The fourth-order valence-electron chi connectivity index (χ4n) is 8.81. The lowest BCUT2D eigenvalue weighted by molar-refractivity contribution is 0.591. The Morgan fingerprint density at radius 3 is 0.661 bits per heavy atom. The van der Waals surface area contributed by atoms with E-state index < -0.39 is 0 Å². The molecule has 4 heterocycles. The van der Waals surface area contributed by atoms with Crippen molar-refractivity contribution in [3.8, 4) is 44.5 Å². The minimum Gasteiger partial charge on any atom is -0.256 e. The average molecular weight is 811 g/mol. The highest BCUT2D eigenvalue weighted by Crippen LogP contribution is 2.49. The second-order valence-electron chi connectivity index (χ2n) is 21.3. The van der Waals surface area contributed by atoms with Gasteiger partial charge in [0.15, 0.2) is 0 Å². The Kier molecular flexibility index (Phi) is 9.74. The molecule has 62 heavy (non-hydrogen) atoms. The van der Waals surface area contributed by atoms with E-state index in [-0.39, 0.29) is 21.7 Å². The van der Waals surface area contributed by atoms with Crippen molar-refractivity contribution in [1.29, 1.82) is 0 Å². The number of hydrogen-bond acceptors (Lipinski definition) is 4. The molecular formula is C58H58N4. The maximum absolute atomic E-state index is 5.16. The second kappa shape index (κ2) is 14.7. The SMILES string of the molecule is CC(C)(C)c1cc(-c2cc(-c3cc(C(C)(C)C)cc4cccnc34)c(-c3cc(C(C)(C)C)cc4cccnc34)cc2-c2cc(C(C)(C)C)cc3cccnc23)c2ncccc2c1. The Bertz CT molecular complexity index is 2790. The van der Waals surface area contributed by atoms with Gasteiger partial charge in [0.05, 0.1) is 22.1 Å². The molecule has 4 heteroatoms. The Labute approximate surface area is 367 Å². The van der Waals surface area contributed by atoms with E-state index in [1.807, 2.05) is 49.1 Å². The van der Waals surface area contributed by atoms with Gasteiger partial charge >= 0.3 is 0 Å². The zero-order valence-corrected chi connectivity index (χ0v) is 38.5. The maximum Gasteiger partial charge on any atom is 0.0780 e. The molecular weight excluding hydrogens is 753 g/mol. The molecule has 9 aromatic rings. The highest BCUT2D eigenvalue weighted by Gasteiger charge is 2.28. The van der Waals surface area contributed by atoms with E-state index in [0.717, 1.165) is 88.1 Å². The lowest BCUT2D eigenvalue weighted by Gasteiger charge is -2.26. The largest absolute Gasteiger partial charge is 0.256 e. The van der Waals surface area contributed by atoms with Crippen molar-refractivity contribution in [2.75, 3.05) is 0 Å². The lowest BCUT2D eigenvalue weighted by atomic mass is 9.78. The number of fused-ring (bicyclic) bond motifs is 4. The summed E-state index contributed by atoms with van der Waals surface area (Å²) in [6, 6.07) is 40.7. The van der Waals surface area contributed by atoms with Gasteiger partial charge in [0.1, 0.15) is 0 Å². The minimum absolute atomic E-state index is 0.110. The van der Waals surface area contributed by atoms with E-state index in [1.54, 1.807) is 0 Å². The van der Waals surface area contributed by atoms with Gasteiger partial charge in [-0.1, -0.05) is 107 Å². The van der Waals surface area contributed by atoms with Crippen LogP contribution in [0.25, 0.3) is 88.1 Å². The monoisotopic (exact) mass is 810 g/mol. The van der Waals surface area contributed by atoms with Crippen molar-refractivity contribution >= 4 is 43.6 Å². The third kappa shape index (κ3) is 7.44. The standard InChI is InChI=1S/C58H58N4/c1-55(2,3)39-25-35-17-13-21-59-51(35)47(29-39)43-33-45(49-31-41(57(7,8)9)27-37-19-15-23-61-53(37)49)46(50-32-42(58(10,11)12)28-38-20-16-24-62-54(38)50)34-44(43)48-30-40(56(4,5)6)26-36-18-14-22-60-52(36)48/h13-34H,1-12H3. The first-order valence-corrected chi connectivity index (χ1v) is 22.0. The van der Waals surface area contributed by atoms with Crippen LogP contribution in [0, 0.1) is 0 Å². The van der Waals surface area contributed by atoms with Crippen molar-refractivity contribution in [1.82, 2.24) is 19.9 Å². The Morgan fingerprint density at radius 1 is 0.258 bits per heavy atom. The molecule has 0 saturated carbocycles. The molecule has 0 fully saturated rings. The van der Waals surface area contributed by atoms with Crippen molar-refractivity contribution in [2.45, 2.75) is 105 Å². The minimum atomic E-state index is -0.110. The molecule has 0 aliphatic carbocycles. The molecule has 0 amide bonds. The van der Waals surface area contributed by atoms with Crippen molar-refractivity contribution in [3.63, 3.8) is 0 Å². The lowest BCUT2D eigenvalue weighted by Crippen LogP contribution is -2.12. The van der Waals surface area contributed by atoms with Gasteiger partial charge in [0.25, 0.3) is 0 Å². The quantitative estimate of drug-likeness (QED) is 0.178. The Morgan fingerprint density at radius 2 is 0.468 bits per heavy atom. The van der Waals surface area contributed by atoms with Gasteiger partial charge in [-0.05, 0) is 151 Å². The number of pyridine rings is 4. The molecule has 0 unspecified atom stereocenters. The zero-order chi connectivity index (χ0) is 43.9. The molecule has 0 aliphatic heterocycles. The van der Waals surface area contributed by atoms with Gasteiger partial charge in [0, 0.05) is 68.6 Å². The highest BCUT2D eigenvalue weighted by molar-refractivity contribution is 6.10. The van der Waals surface area contributed by atoms with Gasteiger partial charge in [-0.3, -0.25) is 19.9 Å². The van der Waals surface area contributed by atoms with E-state index in [9.17, 15) is 0 Å². The second-order valence-corrected chi connectivity index (χ2v) is 21.3. The van der Waals surface area contributed by atoms with Crippen LogP contribution in [0.5, 0.6) is 0 Å². The number of benzene rings is 5.